The predicted molar refractivity (Wildman–Crippen MR) is 59.7 cm³/mol. The minimum atomic E-state index is 0.619. The number of nitrogens with zero attached hydrogens (tertiary/aromatic N) is 3. The Hall–Kier alpha value is -0.900. The molecule has 1 aromatic heterocycles. The molecule has 1 rings (SSSR count). The molecule has 0 atom stereocenters. The number of rotatable bonds is 7. The third kappa shape index (κ3) is 4.93. The number of hydrogen-bond acceptors (Lipinski definition) is 3. The van der Waals surface area contributed by atoms with Crippen molar-refractivity contribution in [3.8, 4) is 0 Å². The molecule has 0 aliphatic heterocycles. The van der Waals surface area contributed by atoms with Gasteiger partial charge in [0, 0.05) is 26.5 Å². The molecule has 0 fully saturated rings. The van der Waals surface area contributed by atoms with Gasteiger partial charge in [-0.25, -0.2) is 0 Å². The lowest BCUT2D eigenvalue weighted by atomic mass is 10.2. The molecule has 0 spiro atoms. The van der Waals surface area contributed by atoms with Gasteiger partial charge in [-0.2, -0.15) is 0 Å². The summed E-state index contributed by atoms with van der Waals surface area (Å²) in [7, 11) is 1.74. The fraction of sp³-hybridized carbons (Fsp3) is 0.818. The van der Waals surface area contributed by atoms with Gasteiger partial charge in [-0.15, -0.1) is 5.10 Å². The van der Waals surface area contributed by atoms with Crippen LogP contribution in [0, 0.1) is 5.92 Å². The first-order chi connectivity index (χ1) is 7.22. The summed E-state index contributed by atoms with van der Waals surface area (Å²) in [5.74, 6) is 0.619. The van der Waals surface area contributed by atoms with E-state index in [9.17, 15) is 0 Å². The molecule has 0 aliphatic rings. The normalized spacial score (nSPS) is 11.2. The number of methoxy groups -OCH3 is 1. The van der Waals surface area contributed by atoms with Crippen LogP contribution in [0.4, 0.5) is 0 Å². The van der Waals surface area contributed by atoms with Crippen LogP contribution >= 0.6 is 0 Å². The van der Waals surface area contributed by atoms with E-state index >= 15 is 0 Å². The molecule has 0 amide bonds. The quantitative estimate of drug-likeness (QED) is 0.647. The maximum Gasteiger partial charge on any atom is 0.0827 e. The fourth-order valence-electron chi connectivity index (χ4n) is 1.47. The molecule has 0 radical (unpaired) electrons. The number of aromatic nitrogens is 3. The van der Waals surface area contributed by atoms with Crippen LogP contribution in [0.5, 0.6) is 0 Å². The zero-order valence-electron chi connectivity index (χ0n) is 9.94. The maximum absolute atomic E-state index is 5.00. The first-order valence-electron chi connectivity index (χ1n) is 5.60. The molecule has 0 aliphatic carbocycles. The van der Waals surface area contributed by atoms with Gasteiger partial charge in [-0.05, 0) is 25.2 Å². The SMILES string of the molecule is COCCCCc1cn(CC(C)C)nn1. The Morgan fingerprint density at radius 1 is 1.40 bits per heavy atom. The second-order valence-corrected chi connectivity index (χ2v) is 4.28. The van der Waals surface area contributed by atoms with E-state index in [1.165, 1.54) is 0 Å². The predicted octanol–water partition coefficient (Wildman–Crippen LogP) is 1.90. The summed E-state index contributed by atoms with van der Waals surface area (Å²) in [6.07, 6.45) is 5.26. The van der Waals surface area contributed by atoms with Crippen molar-refractivity contribution in [2.45, 2.75) is 39.7 Å². The molecular weight excluding hydrogens is 190 g/mol. The van der Waals surface area contributed by atoms with E-state index in [-0.39, 0.29) is 0 Å². The van der Waals surface area contributed by atoms with Crippen LogP contribution in [0.1, 0.15) is 32.4 Å². The number of hydrogen-bond donors (Lipinski definition) is 0. The summed E-state index contributed by atoms with van der Waals surface area (Å²) in [5, 5.41) is 8.23. The van der Waals surface area contributed by atoms with Gasteiger partial charge in [0.25, 0.3) is 0 Å². The van der Waals surface area contributed by atoms with E-state index in [0.717, 1.165) is 38.1 Å². The van der Waals surface area contributed by atoms with Gasteiger partial charge in [-0.3, -0.25) is 4.68 Å². The molecule has 86 valence electrons. The zero-order chi connectivity index (χ0) is 11.1. The summed E-state index contributed by atoms with van der Waals surface area (Å²) in [6.45, 7) is 6.14. The van der Waals surface area contributed by atoms with Crippen molar-refractivity contribution in [2.75, 3.05) is 13.7 Å². The van der Waals surface area contributed by atoms with E-state index in [4.69, 9.17) is 4.74 Å². The highest BCUT2D eigenvalue weighted by Crippen LogP contribution is 2.03. The average Bonchev–Trinajstić information content (AvgIpc) is 2.59. The summed E-state index contributed by atoms with van der Waals surface area (Å²) in [6, 6.07) is 0. The van der Waals surface area contributed by atoms with E-state index in [0.29, 0.717) is 5.92 Å². The molecule has 0 aromatic carbocycles. The highest BCUT2D eigenvalue weighted by atomic mass is 16.5. The molecule has 4 heteroatoms. The molecule has 0 bridgehead atoms. The van der Waals surface area contributed by atoms with Crippen molar-refractivity contribution in [3.05, 3.63) is 11.9 Å². The lowest BCUT2D eigenvalue weighted by molar-refractivity contribution is 0.193. The van der Waals surface area contributed by atoms with Crippen molar-refractivity contribution in [1.82, 2.24) is 15.0 Å². The van der Waals surface area contributed by atoms with Crippen molar-refractivity contribution in [1.29, 1.82) is 0 Å². The van der Waals surface area contributed by atoms with E-state index in [1.807, 2.05) is 10.9 Å². The van der Waals surface area contributed by atoms with Crippen LogP contribution in [0.15, 0.2) is 6.20 Å². The Morgan fingerprint density at radius 3 is 2.87 bits per heavy atom. The van der Waals surface area contributed by atoms with Crippen LogP contribution < -0.4 is 0 Å². The van der Waals surface area contributed by atoms with Crippen LogP contribution in [-0.4, -0.2) is 28.7 Å². The third-order valence-corrected chi connectivity index (χ3v) is 2.17. The molecule has 1 aromatic rings. The van der Waals surface area contributed by atoms with Gasteiger partial charge < -0.3 is 4.74 Å². The van der Waals surface area contributed by atoms with Crippen molar-refractivity contribution in [3.63, 3.8) is 0 Å². The Morgan fingerprint density at radius 2 is 2.20 bits per heavy atom. The Bertz CT molecular complexity index is 271. The summed E-state index contributed by atoms with van der Waals surface area (Å²) in [4.78, 5) is 0. The molecule has 15 heavy (non-hydrogen) atoms. The van der Waals surface area contributed by atoms with Gasteiger partial charge in [-0.1, -0.05) is 19.1 Å². The van der Waals surface area contributed by atoms with E-state index in [2.05, 4.69) is 24.2 Å². The van der Waals surface area contributed by atoms with Gasteiger partial charge in [0.1, 0.15) is 0 Å². The van der Waals surface area contributed by atoms with Crippen LogP contribution in [-0.2, 0) is 17.7 Å². The number of aryl methyl sites for hydroxylation is 1. The Balaban J connectivity index is 2.26. The molecule has 4 nitrogen and oxygen atoms in total. The molecule has 0 saturated carbocycles. The topological polar surface area (TPSA) is 39.9 Å². The molecule has 0 unspecified atom stereocenters. The largest absolute Gasteiger partial charge is 0.385 e. The lowest BCUT2D eigenvalue weighted by Gasteiger charge is -2.01. The third-order valence-electron chi connectivity index (χ3n) is 2.17. The molecular formula is C11H21N3O. The maximum atomic E-state index is 5.00. The first-order valence-corrected chi connectivity index (χ1v) is 5.60. The minimum absolute atomic E-state index is 0.619. The summed E-state index contributed by atoms with van der Waals surface area (Å²) < 4.78 is 6.92. The van der Waals surface area contributed by atoms with Crippen molar-refractivity contribution < 1.29 is 4.74 Å². The van der Waals surface area contributed by atoms with Crippen LogP contribution in [0.2, 0.25) is 0 Å². The summed E-state index contributed by atoms with van der Waals surface area (Å²) >= 11 is 0. The number of unbranched alkanes of at least 4 members (excludes halogenated alkanes) is 1. The standard InChI is InChI=1S/C11H21N3O/c1-10(2)8-14-9-11(12-13-14)6-4-5-7-15-3/h9-10H,4-8H2,1-3H3. The Kier molecular flexibility index (Phi) is 5.32. The summed E-state index contributed by atoms with van der Waals surface area (Å²) in [5.41, 5.74) is 1.09. The molecule has 0 N–H and O–H groups in total. The second kappa shape index (κ2) is 6.56. The monoisotopic (exact) mass is 211 g/mol. The van der Waals surface area contributed by atoms with E-state index in [1.54, 1.807) is 7.11 Å². The highest BCUT2D eigenvalue weighted by Gasteiger charge is 2.02. The zero-order valence-corrected chi connectivity index (χ0v) is 9.94. The van der Waals surface area contributed by atoms with Gasteiger partial charge in [0.2, 0.25) is 0 Å². The van der Waals surface area contributed by atoms with E-state index < -0.39 is 0 Å². The van der Waals surface area contributed by atoms with Gasteiger partial charge in [0.05, 0.1) is 5.69 Å². The Labute approximate surface area is 91.6 Å². The van der Waals surface area contributed by atoms with Gasteiger partial charge >= 0.3 is 0 Å². The van der Waals surface area contributed by atoms with Gasteiger partial charge in [0.15, 0.2) is 0 Å². The second-order valence-electron chi connectivity index (χ2n) is 4.28. The molecule has 1 heterocycles. The average molecular weight is 211 g/mol. The fourth-order valence-corrected chi connectivity index (χ4v) is 1.47. The van der Waals surface area contributed by atoms with Crippen molar-refractivity contribution in [2.24, 2.45) is 5.92 Å². The first kappa shape index (κ1) is 12.2. The van der Waals surface area contributed by atoms with Crippen LogP contribution in [0.3, 0.4) is 0 Å². The minimum Gasteiger partial charge on any atom is -0.385 e. The smallest absolute Gasteiger partial charge is 0.0827 e. The van der Waals surface area contributed by atoms with Crippen molar-refractivity contribution >= 4 is 0 Å². The number of ether oxygens (including phenoxy) is 1. The lowest BCUT2D eigenvalue weighted by Crippen LogP contribution is -2.04. The molecule has 0 saturated heterocycles. The highest BCUT2D eigenvalue weighted by molar-refractivity contribution is 4.92. The van der Waals surface area contributed by atoms with Crippen LogP contribution in [0.25, 0.3) is 0 Å².